The standard InChI is InChI=1S/C10H20N/c1-4-11-7-5-10(6-8-11)9(2)3/h9-10H,1,4-8H2,2-3H3. The van der Waals surface area contributed by atoms with Crippen LogP contribution in [0.25, 0.3) is 0 Å². The molecular weight excluding hydrogens is 134 g/mol. The summed E-state index contributed by atoms with van der Waals surface area (Å²) in [4.78, 5) is 2.44. The van der Waals surface area contributed by atoms with Crippen LogP contribution in [-0.4, -0.2) is 24.5 Å². The number of hydrogen-bond donors (Lipinski definition) is 0. The van der Waals surface area contributed by atoms with Crippen LogP contribution in [0, 0.1) is 18.8 Å². The second-order valence-corrected chi connectivity index (χ2v) is 3.92. The van der Waals surface area contributed by atoms with E-state index >= 15 is 0 Å². The zero-order valence-electron chi connectivity index (χ0n) is 7.84. The van der Waals surface area contributed by atoms with Gasteiger partial charge in [0.05, 0.1) is 0 Å². The monoisotopic (exact) mass is 154 g/mol. The van der Waals surface area contributed by atoms with E-state index in [0.29, 0.717) is 0 Å². The average molecular weight is 154 g/mol. The molecule has 1 saturated heterocycles. The Morgan fingerprint density at radius 2 is 1.91 bits per heavy atom. The van der Waals surface area contributed by atoms with Crippen molar-refractivity contribution in [1.82, 2.24) is 4.90 Å². The molecule has 1 radical (unpaired) electrons. The van der Waals surface area contributed by atoms with E-state index in [0.717, 1.165) is 18.4 Å². The minimum absolute atomic E-state index is 0.877. The van der Waals surface area contributed by atoms with Crippen molar-refractivity contribution in [2.24, 2.45) is 11.8 Å². The Morgan fingerprint density at radius 3 is 2.27 bits per heavy atom. The molecule has 1 heterocycles. The molecule has 0 saturated carbocycles. The van der Waals surface area contributed by atoms with Gasteiger partial charge in [-0.15, -0.1) is 0 Å². The molecule has 0 N–H and O–H groups in total. The highest BCUT2D eigenvalue weighted by Crippen LogP contribution is 2.23. The van der Waals surface area contributed by atoms with Crippen LogP contribution in [0.3, 0.4) is 0 Å². The lowest BCUT2D eigenvalue weighted by atomic mass is 9.87. The molecule has 0 aromatic carbocycles. The Kier molecular flexibility index (Phi) is 3.38. The molecule has 0 aromatic heterocycles. The lowest BCUT2D eigenvalue weighted by Gasteiger charge is -2.32. The van der Waals surface area contributed by atoms with E-state index in [4.69, 9.17) is 0 Å². The van der Waals surface area contributed by atoms with E-state index in [9.17, 15) is 0 Å². The van der Waals surface area contributed by atoms with Crippen LogP contribution in [0.5, 0.6) is 0 Å². The summed E-state index contributed by atoms with van der Waals surface area (Å²) in [6.07, 6.45) is 2.76. The van der Waals surface area contributed by atoms with Crippen molar-refractivity contribution in [3.63, 3.8) is 0 Å². The van der Waals surface area contributed by atoms with E-state index in [1.807, 2.05) is 0 Å². The van der Waals surface area contributed by atoms with Gasteiger partial charge in [0.1, 0.15) is 0 Å². The van der Waals surface area contributed by atoms with Crippen molar-refractivity contribution >= 4 is 0 Å². The molecule has 0 amide bonds. The molecule has 1 nitrogen and oxygen atoms in total. The van der Waals surface area contributed by atoms with Gasteiger partial charge in [0, 0.05) is 0 Å². The molecule has 1 fully saturated rings. The summed E-state index contributed by atoms with van der Waals surface area (Å²) < 4.78 is 0. The third-order valence-electron chi connectivity index (χ3n) is 2.89. The lowest BCUT2D eigenvalue weighted by molar-refractivity contribution is 0.170. The molecule has 0 spiro atoms. The van der Waals surface area contributed by atoms with Gasteiger partial charge in [0.25, 0.3) is 0 Å². The number of piperidine rings is 1. The van der Waals surface area contributed by atoms with Crippen molar-refractivity contribution in [2.75, 3.05) is 19.6 Å². The summed E-state index contributed by atoms with van der Waals surface area (Å²) in [7, 11) is 0. The fourth-order valence-electron chi connectivity index (χ4n) is 1.84. The van der Waals surface area contributed by atoms with Crippen molar-refractivity contribution in [1.29, 1.82) is 0 Å². The zero-order valence-corrected chi connectivity index (χ0v) is 7.84. The summed E-state index contributed by atoms with van der Waals surface area (Å²) >= 11 is 0. The highest BCUT2D eigenvalue weighted by molar-refractivity contribution is 4.74. The maximum Gasteiger partial charge on any atom is -0.00160 e. The van der Waals surface area contributed by atoms with E-state index in [2.05, 4.69) is 25.7 Å². The smallest absolute Gasteiger partial charge is 0.00160 e. The fourth-order valence-corrected chi connectivity index (χ4v) is 1.84. The van der Waals surface area contributed by atoms with Crippen LogP contribution in [0.2, 0.25) is 0 Å². The van der Waals surface area contributed by atoms with Crippen LogP contribution >= 0.6 is 0 Å². The van der Waals surface area contributed by atoms with Gasteiger partial charge >= 0.3 is 0 Å². The van der Waals surface area contributed by atoms with Crippen molar-refractivity contribution in [3.05, 3.63) is 6.92 Å². The minimum Gasteiger partial charge on any atom is -0.303 e. The van der Waals surface area contributed by atoms with Gasteiger partial charge in [0.2, 0.25) is 0 Å². The van der Waals surface area contributed by atoms with Crippen LogP contribution in [-0.2, 0) is 0 Å². The third kappa shape index (κ3) is 2.48. The van der Waals surface area contributed by atoms with Crippen LogP contribution in [0.15, 0.2) is 0 Å². The Morgan fingerprint density at radius 1 is 1.36 bits per heavy atom. The van der Waals surface area contributed by atoms with E-state index < -0.39 is 0 Å². The lowest BCUT2D eigenvalue weighted by Crippen LogP contribution is -2.34. The van der Waals surface area contributed by atoms with E-state index in [-0.39, 0.29) is 0 Å². The van der Waals surface area contributed by atoms with Crippen molar-refractivity contribution in [2.45, 2.75) is 26.7 Å². The average Bonchev–Trinajstić information content (AvgIpc) is 2.05. The summed E-state index contributed by atoms with van der Waals surface area (Å²) in [6.45, 7) is 12.1. The second-order valence-electron chi connectivity index (χ2n) is 3.92. The van der Waals surface area contributed by atoms with Gasteiger partial charge in [-0.1, -0.05) is 13.8 Å². The van der Waals surface area contributed by atoms with Crippen molar-refractivity contribution < 1.29 is 0 Å². The summed E-state index contributed by atoms with van der Waals surface area (Å²) in [5.41, 5.74) is 0. The van der Waals surface area contributed by atoms with Crippen LogP contribution in [0.4, 0.5) is 0 Å². The number of likely N-dealkylation sites (tertiary alicyclic amines) is 1. The summed E-state index contributed by atoms with van der Waals surface area (Å²) in [5, 5.41) is 0. The maximum atomic E-state index is 3.91. The Hall–Kier alpha value is -0.0400. The molecule has 0 aromatic rings. The number of nitrogens with zero attached hydrogens (tertiary/aromatic N) is 1. The molecule has 65 valence electrons. The molecule has 1 aliphatic heterocycles. The molecule has 0 unspecified atom stereocenters. The molecule has 0 atom stereocenters. The van der Waals surface area contributed by atoms with E-state index in [1.165, 1.54) is 25.9 Å². The predicted octanol–water partition coefficient (Wildman–Crippen LogP) is 2.19. The fraction of sp³-hybridized carbons (Fsp3) is 0.900. The van der Waals surface area contributed by atoms with Gasteiger partial charge in [-0.05, 0) is 51.2 Å². The van der Waals surface area contributed by atoms with Gasteiger partial charge in [-0.3, -0.25) is 0 Å². The molecule has 11 heavy (non-hydrogen) atoms. The Bertz CT molecular complexity index is 101. The van der Waals surface area contributed by atoms with Gasteiger partial charge < -0.3 is 4.90 Å². The summed E-state index contributed by atoms with van der Waals surface area (Å²) in [6, 6.07) is 0. The zero-order chi connectivity index (χ0) is 8.27. The molecule has 0 aliphatic carbocycles. The number of rotatable bonds is 2. The Balaban J connectivity index is 2.24. The molecule has 1 aliphatic rings. The normalized spacial score (nSPS) is 22.9. The molecular formula is C10H20N. The van der Waals surface area contributed by atoms with Gasteiger partial charge in [-0.25, -0.2) is 0 Å². The first kappa shape index (κ1) is 9.05. The van der Waals surface area contributed by atoms with Gasteiger partial charge in [-0.2, -0.15) is 0 Å². The van der Waals surface area contributed by atoms with Crippen LogP contribution in [0.1, 0.15) is 26.7 Å². The predicted molar refractivity (Wildman–Crippen MR) is 49.4 cm³/mol. The minimum atomic E-state index is 0.877. The first-order chi connectivity index (χ1) is 5.24. The highest BCUT2D eigenvalue weighted by Gasteiger charge is 2.19. The first-order valence-electron chi connectivity index (χ1n) is 4.75. The second kappa shape index (κ2) is 4.10. The summed E-state index contributed by atoms with van der Waals surface area (Å²) in [5.74, 6) is 1.85. The van der Waals surface area contributed by atoms with E-state index in [1.54, 1.807) is 0 Å². The van der Waals surface area contributed by atoms with Crippen LogP contribution < -0.4 is 0 Å². The third-order valence-corrected chi connectivity index (χ3v) is 2.89. The molecule has 1 rings (SSSR count). The highest BCUT2D eigenvalue weighted by atomic mass is 15.1. The number of hydrogen-bond acceptors (Lipinski definition) is 1. The molecule has 1 heteroatoms. The first-order valence-corrected chi connectivity index (χ1v) is 4.75. The quantitative estimate of drug-likeness (QED) is 0.589. The maximum absolute atomic E-state index is 3.91. The van der Waals surface area contributed by atoms with Crippen molar-refractivity contribution in [3.8, 4) is 0 Å². The SMILES string of the molecule is [CH2]CN1CCC(C(C)C)CC1. The van der Waals surface area contributed by atoms with Gasteiger partial charge in [0.15, 0.2) is 0 Å². The Labute approximate surface area is 70.8 Å². The molecule has 0 bridgehead atoms. The largest absolute Gasteiger partial charge is 0.303 e. The topological polar surface area (TPSA) is 3.24 Å².